The third kappa shape index (κ3) is 4.07. The van der Waals surface area contributed by atoms with Gasteiger partial charge in [-0.15, -0.1) is 0 Å². The molecule has 16 heavy (non-hydrogen) atoms. The van der Waals surface area contributed by atoms with Crippen LogP contribution in [0.4, 0.5) is 0 Å². The lowest BCUT2D eigenvalue weighted by molar-refractivity contribution is 0.320. The van der Waals surface area contributed by atoms with Gasteiger partial charge < -0.3 is 10.1 Å². The molecule has 90 valence electrons. The van der Waals surface area contributed by atoms with Crippen LogP contribution >= 0.6 is 23.5 Å². The van der Waals surface area contributed by atoms with Crippen molar-refractivity contribution < 1.29 is 5.21 Å². The predicted octanol–water partition coefficient (Wildman–Crippen LogP) is 1.75. The summed E-state index contributed by atoms with van der Waals surface area (Å²) in [5.74, 6) is 0.888. The molecule has 0 fully saturated rings. The highest BCUT2D eigenvalue weighted by Gasteiger charge is 2.09. The molecule has 7 heteroatoms. The molecule has 1 N–H and O–H groups in total. The summed E-state index contributed by atoms with van der Waals surface area (Å²) < 4.78 is 7.91. The number of aromatic nitrogens is 2. The van der Waals surface area contributed by atoms with Gasteiger partial charge in [-0.25, -0.2) is 0 Å². The van der Waals surface area contributed by atoms with E-state index < -0.39 is 0 Å². The summed E-state index contributed by atoms with van der Waals surface area (Å²) in [4.78, 5) is 2.32. The summed E-state index contributed by atoms with van der Waals surface area (Å²) in [5, 5.41) is 12.7. The Labute approximate surface area is 104 Å². The van der Waals surface area contributed by atoms with Crippen molar-refractivity contribution in [2.45, 2.75) is 13.8 Å². The highest BCUT2D eigenvalue weighted by molar-refractivity contribution is 8.14. The van der Waals surface area contributed by atoms with E-state index in [1.807, 2.05) is 0 Å². The van der Waals surface area contributed by atoms with Crippen molar-refractivity contribution >= 4 is 28.5 Å². The Kier molecular flexibility index (Phi) is 6.36. The predicted molar refractivity (Wildman–Crippen MR) is 68.5 cm³/mol. The van der Waals surface area contributed by atoms with Gasteiger partial charge in [-0.3, -0.25) is 0 Å². The summed E-state index contributed by atoms with van der Waals surface area (Å²) >= 11 is 2.62. The van der Waals surface area contributed by atoms with E-state index in [9.17, 15) is 0 Å². The van der Waals surface area contributed by atoms with Gasteiger partial charge in [-0.1, -0.05) is 30.8 Å². The van der Waals surface area contributed by atoms with Crippen LogP contribution in [0, 0.1) is 0 Å². The Morgan fingerprint density at radius 2 is 2.31 bits per heavy atom. The van der Waals surface area contributed by atoms with E-state index in [1.54, 1.807) is 6.20 Å². The van der Waals surface area contributed by atoms with Crippen LogP contribution in [0.15, 0.2) is 11.4 Å². The molecule has 0 saturated heterocycles. The number of oxime groups is 1. The third-order valence-electron chi connectivity index (χ3n) is 2.21. The minimum atomic E-state index is 0.543. The quantitative estimate of drug-likeness (QED) is 0.365. The molecule has 1 heterocycles. The van der Waals surface area contributed by atoms with Gasteiger partial charge in [0.2, 0.25) is 0 Å². The second-order valence-electron chi connectivity index (χ2n) is 3.07. The van der Waals surface area contributed by atoms with E-state index in [0.717, 1.165) is 37.1 Å². The van der Waals surface area contributed by atoms with Gasteiger partial charge in [-0.2, -0.15) is 8.75 Å². The molecule has 0 spiro atoms. The van der Waals surface area contributed by atoms with E-state index in [1.165, 1.54) is 11.8 Å². The standard InChI is InChI=1S/C9H16N4OS2/c1-3-13(4-2)5-6-15-9(11-14)8-7-10-16-12-8/h7,14H,3-6H2,1-2H3/b11-9+. The number of thioether (sulfide) groups is 1. The largest absolute Gasteiger partial charge is 0.410 e. The SMILES string of the molecule is CCN(CC)CCS/C(=N/O)c1cnsn1. The first-order valence-electron chi connectivity index (χ1n) is 5.16. The molecule has 5 nitrogen and oxygen atoms in total. The molecule has 0 aromatic carbocycles. The van der Waals surface area contributed by atoms with E-state index in [4.69, 9.17) is 5.21 Å². The molecule has 0 atom stereocenters. The molecule has 0 radical (unpaired) electrons. The van der Waals surface area contributed by atoms with Crippen molar-refractivity contribution in [3.05, 3.63) is 11.9 Å². The summed E-state index contributed by atoms with van der Waals surface area (Å²) in [6.07, 6.45) is 1.62. The fourth-order valence-corrected chi connectivity index (χ4v) is 2.54. The molecule has 0 amide bonds. The Balaban J connectivity index is 2.36. The Morgan fingerprint density at radius 3 is 2.81 bits per heavy atom. The summed E-state index contributed by atoms with van der Waals surface area (Å²) in [7, 11) is 0. The second kappa shape index (κ2) is 7.59. The Bertz CT molecular complexity index is 311. The molecule has 0 bridgehead atoms. The molecule has 0 unspecified atom stereocenters. The number of rotatable bonds is 6. The highest BCUT2D eigenvalue weighted by atomic mass is 32.2. The van der Waals surface area contributed by atoms with Gasteiger partial charge in [0.15, 0.2) is 5.04 Å². The molecule has 0 aliphatic carbocycles. The van der Waals surface area contributed by atoms with Crippen molar-refractivity contribution in [3.8, 4) is 0 Å². The zero-order chi connectivity index (χ0) is 11.8. The second-order valence-corrected chi connectivity index (χ2v) is 4.71. The number of hydrogen-bond donors (Lipinski definition) is 1. The van der Waals surface area contributed by atoms with Crippen LogP contribution in [0.5, 0.6) is 0 Å². The van der Waals surface area contributed by atoms with E-state index in [0.29, 0.717) is 10.7 Å². The minimum absolute atomic E-state index is 0.543. The molecule has 0 aliphatic heterocycles. The van der Waals surface area contributed by atoms with Gasteiger partial charge in [-0.05, 0) is 13.1 Å². The van der Waals surface area contributed by atoms with Crippen LogP contribution < -0.4 is 0 Å². The normalized spacial score (nSPS) is 12.3. The lowest BCUT2D eigenvalue weighted by Gasteiger charge is -2.16. The first-order valence-corrected chi connectivity index (χ1v) is 6.88. The van der Waals surface area contributed by atoms with Crippen LogP contribution in [0.2, 0.25) is 0 Å². The van der Waals surface area contributed by atoms with Gasteiger partial charge in [0.25, 0.3) is 0 Å². The zero-order valence-corrected chi connectivity index (χ0v) is 11.1. The van der Waals surface area contributed by atoms with Crippen LogP contribution in [0.25, 0.3) is 0 Å². The maximum absolute atomic E-state index is 8.87. The first kappa shape index (κ1) is 13.4. The fourth-order valence-electron chi connectivity index (χ4n) is 1.22. The molecular formula is C9H16N4OS2. The Hall–Kier alpha value is -0.660. The van der Waals surface area contributed by atoms with Crippen LogP contribution in [-0.4, -0.2) is 49.3 Å². The van der Waals surface area contributed by atoms with E-state index in [2.05, 4.69) is 32.7 Å². The van der Waals surface area contributed by atoms with E-state index in [-0.39, 0.29) is 0 Å². The minimum Gasteiger partial charge on any atom is -0.410 e. The third-order valence-corrected chi connectivity index (χ3v) is 3.64. The average molecular weight is 260 g/mol. The van der Waals surface area contributed by atoms with Crippen molar-refractivity contribution in [2.75, 3.05) is 25.4 Å². The summed E-state index contributed by atoms with van der Waals surface area (Å²) in [6.45, 7) is 7.34. The van der Waals surface area contributed by atoms with Gasteiger partial charge in [0, 0.05) is 12.3 Å². The first-order chi connectivity index (χ1) is 7.81. The molecule has 0 aliphatic rings. The van der Waals surface area contributed by atoms with Crippen molar-refractivity contribution in [1.82, 2.24) is 13.6 Å². The smallest absolute Gasteiger partial charge is 0.164 e. The number of nitrogens with zero attached hydrogens (tertiary/aromatic N) is 4. The Morgan fingerprint density at radius 1 is 1.56 bits per heavy atom. The van der Waals surface area contributed by atoms with Crippen LogP contribution in [-0.2, 0) is 0 Å². The van der Waals surface area contributed by atoms with Crippen molar-refractivity contribution in [1.29, 1.82) is 0 Å². The highest BCUT2D eigenvalue weighted by Crippen LogP contribution is 2.12. The van der Waals surface area contributed by atoms with E-state index >= 15 is 0 Å². The van der Waals surface area contributed by atoms with Crippen molar-refractivity contribution in [3.63, 3.8) is 0 Å². The van der Waals surface area contributed by atoms with Crippen LogP contribution in [0.1, 0.15) is 19.5 Å². The van der Waals surface area contributed by atoms with Crippen LogP contribution in [0.3, 0.4) is 0 Å². The lowest BCUT2D eigenvalue weighted by Crippen LogP contribution is -2.25. The fraction of sp³-hybridized carbons (Fsp3) is 0.667. The maximum atomic E-state index is 8.87. The molecule has 0 saturated carbocycles. The summed E-state index contributed by atoms with van der Waals surface area (Å²) in [6, 6.07) is 0. The topological polar surface area (TPSA) is 61.6 Å². The molecule has 1 aromatic heterocycles. The van der Waals surface area contributed by atoms with Gasteiger partial charge >= 0.3 is 0 Å². The average Bonchev–Trinajstić information content (AvgIpc) is 2.83. The summed E-state index contributed by atoms with van der Waals surface area (Å²) in [5.41, 5.74) is 0.650. The molecule has 1 aromatic rings. The van der Waals surface area contributed by atoms with Crippen molar-refractivity contribution in [2.24, 2.45) is 5.16 Å². The maximum Gasteiger partial charge on any atom is 0.164 e. The molecule has 1 rings (SSSR count). The zero-order valence-electron chi connectivity index (χ0n) is 9.46. The lowest BCUT2D eigenvalue weighted by atomic mass is 10.5. The van der Waals surface area contributed by atoms with Gasteiger partial charge in [0.1, 0.15) is 5.69 Å². The molecular weight excluding hydrogens is 244 g/mol. The number of hydrogen-bond acceptors (Lipinski definition) is 7. The van der Waals surface area contributed by atoms with Gasteiger partial charge in [0.05, 0.1) is 17.9 Å². The monoisotopic (exact) mass is 260 g/mol.